The number of H-pyrrole nitrogens is 1. The standard InChI is InChI=1S/C31H37N5O4/c1-7-39-29(38)15-24(23-10-11-26-30(20(23)3)33-34-35(26)6)21-9-8-19(2)22(14-21)16-36-17-25-27(12-13-28(37)32-25)40-31(4,5)18-36/h8-14,24H,7,15-18H2,1-6H3,(H,32,37)/t24-/m1/s1. The highest BCUT2D eigenvalue weighted by Gasteiger charge is 2.30. The Bertz CT molecular complexity index is 1620. The van der Waals surface area contributed by atoms with Crippen molar-refractivity contribution in [3.05, 3.63) is 86.3 Å². The molecule has 0 unspecified atom stereocenters. The number of pyridine rings is 1. The fraction of sp³-hybridized carbons (Fsp3) is 0.419. The van der Waals surface area contributed by atoms with Crippen LogP contribution in [-0.4, -0.2) is 49.6 Å². The maximum atomic E-state index is 12.8. The van der Waals surface area contributed by atoms with Gasteiger partial charge in [-0.1, -0.05) is 29.5 Å². The number of hydrogen-bond donors (Lipinski definition) is 1. The summed E-state index contributed by atoms with van der Waals surface area (Å²) in [7, 11) is 1.87. The van der Waals surface area contributed by atoms with Gasteiger partial charge in [0.05, 0.1) is 24.2 Å². The molecule has 210 valence electrons. The molecule has 2 aromatic heterocycles. The third-order valence-electron chi connectivity index (χ3n) is 7.63. The van der Waals surface area contributed by atoms with Crippen LogP contribution in [0.4, 0.5) is 0 Å². The lowest BCUT2D eigenvalue weighted by Crippen LogP contribution is -2.40. The van der Waals surface area contributed by atoms with Crippen molar-refractivity contribution in [2.75, 3.05) is 13.2 Å². The van der Waals surface area contributed by atoms with Crippen LogP contribution in [0.5, 0.6) is 5.75 Å². The number of carbonyl (C=O) groups excluding carboxylic acids is 1. The zero-order valence-electron chi connectivity index (χ0n) is 24.1. The Morgan fingerprint density at radius 2 is 1.98 bits per heavy atom. The first-order valence-electron chi connectivity index (χ1n) is 13.7. The minimum Gasteiger partial charge on any atom is -0.485 e. The lowest BCUT2D eigenvalue weighted by atomic mass is 9.84. The van der Waals surface area contributed by atoms with Gasteiger partial charge in [-0.25, -0.2) is 4.68 Å². The van der Waals surface area contributed by atoms with E-state index in [1.807, 2.05) is 27.0 Å². The van der Waals surface area contributed by atoms with E-state index in [-0.39, 0.29) is 23.9 Å². The van der Waals surface area contributed by atoms with Crippen molar-refractivity contribution in [3.8, 4) is 5.75 Å². The lowest BCUT2D eigenvalue weighted by Gasteiger charge is -2.30. The molecule has 1 atom stereocenters. The smallest absolute Gasteiger partial charge is 0.306 e. The van der Waals surface area contributed by atoms with Gasteiger partial charge in [-0.3, -0.25) is 14.5 Å². The Morgan fingerprint density at radius 1 is 1.18 bits per heavy atom. The van der Waals surface area contributed by atoms with Gasteiger partial charge in [0, 0.05) is 38.7 Å². The molecule has 5 rings (SSSR count). The van der Waals surface area contributed by atoms with Crippen molar-refractivity contribution in [1.82, 2.24) is 24.9 Å². The van der Waals surface area contributed by atoms with E-state index in [1.54, 1.807) is 10.7 Å². The van der Waals surface area contributed by atoms with Crippen LogP contribution in [0.25, 0.3) is 11.0 Å². The van der Waals surface area contributed by atoms with Gasteiger partial charge >= 0.3 is 5.97 Å². The quantitative estimate of drug-likeness (QED) is 0.342. The Labute approximate surface area is 234 Å². The second-order valence-electron chi connectivity index (χ2n) is 11.3. The average molecular weight is 544 g/mol. The number of aromatic amines is 1. The number of fused-ring (bicyclic) bond motifs is 2. The SMILES string of the molecule is CCOC(=O)C[C@H](c1ccc(C)c(CN2Cc3[nH]c(=O)ccc3OC(C)(C)C2)c1)c1ccc2c(nnn2C)c1C. The highest BCUT2D eigenvalue weighted by atomic mass is 16.5. The summed E-state index contributed by atoms with van der Waals surface area (Å²) >= 11 is 0. The van der Waals surface area contributed by atoms with Crippen LogP contribution in [0.3, 0.4) is 0 Å². The van der Waals surface area contributed by atoms with E-state index in [0.29, 0.717) is 32.0 Å². The molecule has 0 saturated carbocycles. The minimum atomic E-state index is -0.440. The number of nitrogens with one attached hydrogen (secondary N) is 1. The highest BCUT2D eigenvalue weighted by molar-refractivity contribution is 5.80. The lowest BCUT2D eigenvalue weighted by molar-refractivity contribution is -0.143. The Balaban J connectivity index is 1.52. The molecule has 0 amide bonds. The van der Waals surface area contributed by atoms with Crippen LogP contribution in [0.1, 0.15) is 66.6 Å². The van der Waals surface area contributed by atoms with E-state index < -0.39 is 5.60 Å². The molecule has 1 aliphatic rings. The fourth-order valence-corrected chi connectivity index (χ4v) is 5.72. The van der Waals surface area contributed by atoms with Gasteiger partial charge in [0.1, 0.15) is 16.9 Å². The van der Waals surface area contributed by atoms with E-state index in [0.717, 1.165) is 44.5 Å². The number of aromatic nitrogens is 4. The molecular formula is C31H37N5O4. The Kier molecular flexibility index (Phi) is 7.51. The van der Waals surface area contributed by atoms with Crippen molar-refractivity contribution in [2.24, 2.45) is 7.05 Å². The van der Waals surface area contributed by atoms with Gasteiger partial charge in [0.15, 0.2) is 0 Å². The molecule has 9 heteroatoms. The van der Waals surface area contributed by atoms with Crippen LogP contribution in [0.15, 0.2) is 47.3 Å². The number of rotatable bonds is 7. The molecule has 0 aliphatic carbocycles. The number of ether oxygens (including phenoxy) is 2. The van der Waals surface area contributed by atoms with E-state index in [9.17, 15) is 9.59 Å². The average Bonchev–Trinajstić information content (AvgIpc) is 3.21. The maximum absolute atomic E-state index is 12.8. The van der Waals surface area contributed by atoms with E-state index in [1.165, 1.54) is 6.07 Å². The molecule has 3 heterocycles. The fourth-order valence-electron chi connectivity index (χ4n) is 5.72. The van der Waals surface area contributed by atoms with Gasteiger partial charge in [0.2, 0.25) is 5.56 Å². The molecule has 40 heavy (non-hydrogen) atoms. The van der Waals surface area contributed by atoms with E-state index in [4.69, 9.17) is 9.47 Å². The number of benzene rings is 2. The Morgan fingerprint density at radius 3 is 2.75 bits per heavy atom. The second kappa shape index (κ2) is 10.9. The van der Waals surface area contributed by atoms with Crippen molar-refractivity contribution in [2.45, 2.75) is 65.6 Å². The van der Waals surface area contributed by atoms with Crippen LogP contribution in [0.2, 0.25) is 0 Å². The van der Waals surface area contributed by atoms with Gasteiger partial charge in [-0.05, 0) is 74.6 Å². The molecule has 2 aromatic carbocycles. The van der Waals surface area contributed by atoms with Crippen LogP contribution in [-0.2, 0) is 29.7 Å². The largest absolute Gasteiger partial charge is 0.485 e. The molecule has 9 nitrogen and oxygen atoms in total. The molecular weight excluding hydrogens is 506 g/mol. The Hall–Kier alpha value is -3.98. The zero-order chi connectivity index (χ0) is 28.6. The molecule has 0 fully saturated rings. The molecule has 1 aliphatic heterocycles. The monoisotopic (exact) mass is 543 g/mol. The van der Waals surface area contributed by atoms with E-state index >= 15 is 0 Å². The summed E-state index contributed by atoms with van der Waals surface area (Å²) < 4.78 is 13.4. The summed E-state index contributed by atoms with van der Waals surface area (Å²) in [6, 6.07) is 13.8. The van der Waals surface area contributed by atoms with Crippen LogP contribution < -0.4 is 10.3 Å². The molecule has 0 radical (unpaired) electrons. The number of hydrogen-bond acceptors (Lipinski definition) is 7. The molecule has 0 saturated heterocycles. The zero-order valence-corrected chi connectivity index (χ0v) is 24.1. The topological polar surface area (TPSA) is 102 Å². The molecule has 0 bridgehead atoms. The third kappa shape index (κ3) is 5.65. The number of esters is 1. The van der Waals surface area contributed by atoms with Crippen molar-refractivity contribution in [1.29, 1.82) is 0 Å². The first kappa shape index (κ1) is 27.6. The number of carbonyl (C=O) groups is 1. The highest BCUT2D eigenvalue weighted by Crippen LogP contribution is 2.35. The molecule has 0 spiro atoms. The van der Waals surface area contributed by atoms with Crippen molar-refractivity contribution >= 4 is 17.0 Å². The summed E-state index contributed by atoms with van der Waals surface area (Å²) in [5.41, 5.74) is 7.37. The number of aryl methyl sites for hydroxylation is 3. The second-order valence-corrected chi connectivity index (χ2v) is 11.3. The summed E-state index contributed by atoms with van der Waals surface area (Å²) in [5.74, 6) is 0.271. The molecule has 1 N–H and O–H groups in total. The van der Waals surface area contributed by atoms with Gasteiger partial charge in [-0.2, -0.15) is 0 Å². The normalized spacial score (nSPS) is 15.8. The van der Waals surface area contributed by atoms with Crippen LogP contribution in [0, 0.1) is 13.8 Å². The molecule has 4 aromatic rings. The van der Waals surface area contributed by atoms with Gasteiger partial charge in [-0.15, -0.1) is 5.10 Å². The predicted octanol–water partition coefficient (Wildman–Crippen LogP) is 4.53. The third-order valence-corrected chi connectivity index (χ3v) is 7.63. The maximum Gasteiger partial charge on any atom is 0.306 e. The van der Waals surface area contributed by atoms with Gasteiger partial charge < -0.3 is 14.5 Å². The van der Waals surface area contributed by atoms with Gasteiger partial charge in [0.25, 0.3) is 0 Å². The predicted molar refractivity (Wildman–Crippen MR) is 153 cm³/mol. The van der Waals surface area contributed by atoms with E-state index in [2.05, 4.69) is 65.2 Å². The summed E-state index contributed by atoms with van der Waals surface area (Å²) in [5, 5.41) is 8.57. The summed E-state index contributed by atoms with van der Waals surface area (Å²) in [4.78, 5) is 30.1. The first-order chi connectivity index (χ1) is 19.0. The van der Waals surface area contributed by atoms with Crippen LogP contribution >= 0.6 is 0 Å². The minimum absolute atomic E-state index is 0.141. The van der Waals surface area contributed by atoms with Crippen molar-refractivity contribution < 1.29 is 14.3 Å². The first-order valence-corrected chi connectivity index (χ1v) is 13.7. The number of nitrogens with zero attached hydrogens (tertiary/aromatic N) is 4. The summed E-state index contributed by atoms with van der Waals surface area (Å²) in [6.07, 6.45) is 0.224. The van der Waals surface area contributed by atoms with Crippen molar-refractivity contribution in [3.63, 3.8) is 0 Å². The summed E-state index contributed by atoms with van der Waals surface area (Å²) in [6.45, 7) is 12.3.